The summed E-state index contributed by atoms with van der Waals surface area (Å²) in [5.41, 5.74) is 1.18. The van der Waals surface area contributed by atoms with Crippen molar-refractivity contribution in [3.8, 4) is 0 Å². The third kappa shape index (κ3) is 3.44. The van der Waals surface area contributed by atoms with Crippen molar-refractivity contribution in [1.29, 1.82) is 0 Å². The molecule has 1 aromatic carbocycles. The van der Waals surface area contributed by atoms with E-state index in [1.807, 2.05) is 6.92 Å². The second kappa shape index (κ2) is 5.77. The predicted molar refractivity (Wildman–Crippen MR) is 82.6 cm³/mol. The number of nitrogens with one attached hydrogen (secondary N) is 1. The summed E-state index contributed by atoms with van der Waals surface area (Å²) in [5.74, 6) is 0.241. The molecule has 5 nitrogen and oxygen atoms in total. The number of amides is 1. The van der Waals surface area contributed by atoms with Gasteiger partial charge in [0.05, 0.1) is 4.90 Å². The fourth-order valence-electron chi connectivity index (χ4n) is 2.41. The highest BCUT2D eigenvalue weighted by molar-refractivity contribution is 7.89. The predicted octanol–water partition coefficient (Wildman–Crippen LogP) is 2.37. The van der Waals surface area contributed by atoms with Crippen LogP contribution in [-0.4, -0.2) is 31.7 Å². The lowest BCUT2D eigenvalue weighted by Gasteiger charge is -2.25. The summed E-state index contributed by atoms with van der Waals surface area (Å²) in [5, 5.41) is 2.63. The summed E-state index contributed by atoms with van der Waals surface area (Å²) < 4.78 is 27.0. The summed E-state index contributed by atoms with van der Waals surface area (Å²) in [6.45, 7) is 5.11. The minimum absolute atomic E-state index is 0.00109. The monoisotopic (exact) mass is 310 g/mol. The van der Waals surface area contributed by atoms with E-state index < -0.39 is 10.0 Å². The van der Waals surface area contributed by atoms with Crippen molar-refractivity contribution in [2.24, 2.45) is 5.92 Å². The molecule has 21 heavy (non-hydrogen) atoms. The van der Waals surface area contributed by atoms with Gasteiger partial charge >= 0.3 is 0 Å². The molecule has 0 spiro atoms. The average molecular weight is 310 g/mol. The molecule has 1 saturated carbocycles. The molecule has 0 aromatic heterocycles. The molecule has 0 radical (unpaired) electrons. The molecule has 6 heteroatoms. The fraction of sp³-hybridized carbons (Fsp3) is 0.533. The van der Waals surface area contributed by atoms with Crippen LogP contribution in [-0.2, 0) is 14.8 Å². The Hall–Kier alpha value is -1.40. The molecule has 0 aliphatic heterocycles. The van der Waals surface area contributed by atoms with E-state index >= 15 is 0 Å². The van der Waals surface area contributed by atoms with Crippen LogP contribution in [0.15, 0.2) is 23.1 Å². The van der Waals surface area contributed by atoms with E-state index in [1.165, 1.54) is 17.3 Å². The molecule has 0 saturated heterocycles. The van der Waals surface area contributed by atoms with E-state index in [2.05, 4.69) is 5.32 Å². The van der Waals surface area contributed by atoms with E-state index in [0.29, 0.717) is 17.2 Å². The summed E-state index contributed by atoms with van der Waals surface area (Å²) in [6, 6.07) is 4.95. The number of hydrogen-bond donors (Lipinski definition) is 1. The van der Waals surface area contributed by atoms with Gasteiger partial charge in [0.25, 0.3) is 0 Å². The number of anilines is 1. The van der Waals surface area contributed by atoms with Crippen molar-refractivity contribution in [3.05, 3.63) is 23.8 Å². The van der Waals surface area contributed by atoms with Gasteiger partial charge in [-0.15, -0.1) is 0 Å². The Bertz CT molecular complexity index is 651. The largest absolute Gasteiger partial charge is 0.326 e. The average Bonchev–Trinajstić information content (AvgIpc) is 3.22. The third-order valence-electron chi connectivity index (χ3n) is 4.04. The summed E-state index contributed by atoms with van der Waals surface area (Å²) in [7, 11) is -1.92. The Morgan fingerprint density at radius 1 is 1.38 bits per heavy atom. The number of sulfonamides is 1. The first-order valence-electron chi connectivity index (χ1n) is 7.09. The first kappa shape index (κ1) is 16.0. The highest BCUT2D eigenvalue weighted by atomic mass is 32.2. The molecule has 1 N–H and O–H groups in total. The van der Waals surface area contributed by atoms with Gasteiger partial charge < -0.3 is 5.32 Å². The van der Waals surface area contributed by atoms with Crippen molar-refractivity contribution in [3.63, 3.8) is 0 Å². The lowest BCUT2D eigenvalue weighted by Crippen LogP contribution is -2.36. The van der Waals surface area contributed by atoms with Gasteiger partial charge in [0.2, 0.25) is 15.9 Å². The highest BCUT2D eigenvalue weighted by Crippen LogP contribution is 2.37. The summed E-state index contributed by atoms with van der Waals surface area (Å²) >= 11 is 0. The molecule has 0 bridgehead atoms. The number of rotatable bonds is 5. The van der Waals surface area contributed by atoms with Crippen LogP contribution in [0.5, 0.6) is 0 Å². The maximum absolute atomic E-state index is 12.8. The van der Waals surface area contributed by atoms with Crippen LogP contribution in [0.2, 0.25) is 0 Å². The zero-order valence-corrected chi connectivity index (χ0v) is 13.7. The van der Waals surface area contributed by atoms with Crippen LogP contribution in [0.1, 0.15) is 32.3 Å². The Morgan fingerprint density at radius 3 is 2.52 bits per heavy atom. The Morgan fingerprint density at radius 2 is 2.00 bits per heavy atom. The van der Waals surface area contributed by atoms with Gasteiger partial charge in [-0.1, -0.05) is 6.07 Å². The molecule has 1 fully saturated rings. The van der Waals surface area contributed by atoms with Crippen LogP contribution in [0, 0.1) is 12.8 Å². The number of aryl methyl sites for hydroxylation is 1. The van der Waals surface area contributed by atoms with Gasteiger partial charge in [0, 0.05) is 25.7 Å². The first-order chi connectivity index (χ1) is 9.73. The second-order valence-electron chi connectivity index (χ2n) is 5.76. The lowest BCUT2D eigenvalue weighted by molar-refractivity contribution is -0.114. The van der Waals surface area contributed by atoms with Gasteiger partial charge in [0.1, 0.15) is 0 Å². The SMILES string of the molecule is CC(=O)Nc1ccc(C)c(S(=O)(=O)N(C)C(C)C2CC2)c1. The van der Waals surface area contributed by atoms with E-state index in [-0.39, 0.29) is 16.8 Å². The van der Waals surface area contributed by atoms with Crippen molar-refractivity contribution < 1.29 is 13.2 Å². The molecule has 2 rings (SSSR count). The summed E-state index contributed by atoms with van der Waals surface area (Å²) in [4.78, 5) is 11.4. The topological polar surface area (TPSA) is 66.5 Å². The van der Waals surface area contributed by atoms with Crippen LogP contribution in [0.4, 0.5) is 5.69 Å². The van der Waals surface area contributed by atoms with Crippen molar-refractivity contribution in [1.82, 2.24) is 4.31 Å². The minimum Gasteiger partial charge on any atom is -0.326 e. The zero-order chi connectivity index (χ0) is 15.8. The molecule has 1 aromatic rings. The van der Waals surface area contributed by atoms with Crippen molar-refractivity contribution in [2.45, 2.75) is 44.6 Å². The molecule has 1 atom stereocenters. The molecular formula is C15H22N2O3S. The summed E-state index contributed by atoms with van der Waals surface area (Å²) in [6.07, 6.45) is 2.18. The van der Waals surface area contributed by atoms with Crippen LogP contribution in [0.3, 0.4) is 0 Å². The molecular weight excluding hydrogens is 288 g/mol. The first-order valence-corrected chi connectivity index (χ1v) is 8.53. The minimum atomic E-state index is -3.55. The van der Waals surface area contributed by atoms with Gasteiger partial charge in [-0.05, 0) is 50.3 Å². The highest BCUT2D eigenvalue weighted by Gasteiger charge is 2.36. The Labute approximate surface area is 126 Å². The van der Waals surface area contributed by atoms with E-state index in [0.717, 1.165) is 12.8 Å². The van der Waals surface area contributed by atoms with Crippen LogP contribution in [0.25, 0.3) is 0 Å². The molecule has 1 aliphatic carbocycles. The van der Waals surface area contributed by atoms with E-state index in [9.17, 15) is 13.2 Å². The van der Waals surface area contributed by atoms with Crippen LogP contribution < -0.4 is 5.32 Å². The smallest absolute Gasteiger partial charge is 0.243 e. The van der Waals surface area contributed by atoms with Crippen molar-refractivity contribution in [2.75, 3.05) is 12.4 Å². The fourth-order valence-corrected chi connectivity index (χ4v) is 4.08. The standard InChI is InChI=1S/C15H22N2O3S/c1-10-5-8-14(16-12(3)18)9-15(10)21(19,20)17(4)11(2)13-6-7-13/h5,8-9,11,13H,6-7H2,1-4H3,(H,16,18). The molecule has 0 heterocycles. The van der Waals surface area contributed by atoms with Gasteiger partial charge in [-0.2, -0.15) is 4.31 Å². The number of hydrogen-bond acceptors (Lipinski definition) is 3. The number of benzene rings is 1. The number of carbonyl (C=O) groups excluding carboxylic acids is 1. The second-order valence-corrected chi connectivity index (χ2v) is 7.73. The Balaban J connectivity index is 2.36. The van der Waals surface area contributed by atoms with Gasteiger partial charge in [0.15, 0.2) is 0 Å². The van der Waals surface area contributed by atoms with Crippen molar-refractivity contribution >= 4 is 21.6 Å². The van der Waals surface area contributed by atoms with Crippen LogP contribution >= 0.6 is 0 Å². The number of nitrogens with zero attached hydrogens (tertiary/aromatic N) is 1. The maximum Gasteiger partial charge on any atom is 0.243 e. The van der Waals surface area contributed by atoms with Gasteiger partial charge in [-0.25, -0.2) is 8.42 Å². The zero-order valence-electron chi connectivity index (χ0n) is 12.9. The van der Waals surface area contributed by atoms with Gasteiger partial charge in [-0.3, -0.25) is 4.79 Å². The lowest BCUT2D eigenvalue weighted by atomic mass is 10.2. The quantitative estimate of drug-likeness (QED) is 0.908. The van der Waals surface area contributed by atoms with E-state index in [1.54, 1.807) is 26.1 Å². The molecule has 116 valence electrons. The Kier molecular flexibility index (Phi) is 4.39. The van der Waals surface area contributed by atoms with E-state index in [4.69, 9.17) is 0 Å². The third-order valence-corrected chi connectivity index (χ3v) is 6.13. The molecule has 1 aliphatic rings. The maximum atomic E-state index is 12.8. The molecule has 1 unspecified atom stereocenters. The number of carbonyl (C=O) groups is 1. The normalized spacial score (nSPS) is 16.8. The molecule has 1 amide bonds.